The molecule has 0 saturated heterocycles. The average Bonchev–Trinajstić information content (AvgIpc) is 3.42. The van der Waals surface area contributed by atoms with Gasteiger partial charge in [-0.2, -0.15) is 0 Å². The molecule has 2 N–H and O–H groups in total. The van der Waals surface area contributed by atoms with Crippen molar-refractivity contribution in [3.63, 3.8) is 0 Å². The number of carbonyl (C=O) groups excluding carboxylic acids is 2. The summed E-state index contributed by atoms with van der Waals surface area (Å²) in [6.07, 6.45) is 3.34. The second-order valence-corrected chi connectivity index (χ2v) is 10.5. The van der Waals surface area contributed by atoms with Crippen LogP contribution in [0.4, 0.5) is 0 Å². The van der Waals surface area contributed by atoms with E-state index >= 15 is 0 Å². The Bertz CT molecular complexity index is 1080. The molecule has 1 aliphatic rings. The van der Waals surface area contributed by atoms with Gasteiger partial charge in [-0.3, -0.25) is 9.59 Å². The highest BCUT2D eigenvalue weighted by Gasteiger charge is 2.42. The summed E-state index contributed by atoms with van der Waals surface area (Å²) in [5, 5.41) is 24.4. The molecule has 4 atom stereocenters. The van der Waals surface area contributed by atoms with Crippen LogP contribution in [0.5, 0.6) is 0 Å². The van der Waals surface area contributed by atoms with E-state index in [4.69, 9.17) is 9.15 Å². The van der Waals surface area contributed by atoms with Crippen LogP contribution in [0.25, 0.3) is 6.08 Å². The molecule has 2 bridgehead atoms. The van der Waals surface area contributed by atoms with Gasteiger partial charge in [-0.25, -0.2) is 4.98 Å². The molecule has 8 heteroatoms. The van der Waals surface area contributed by atoms with Gasteiger partial charge in [0.25, 0.3) is 0 Å². The van der Waals surface area contributed by atoms with Crippen molar-refractivity contribution in [3.05, 3.63) is 57.5 Å². The number of allylic oxidation sites excluding steroid dienone is 1. The average molecular weight is 488 g/mol. The van der Waals surface area contributed by atoms with Gasteiger partial charge in [-0.15, -0.1) is 11.3 Å². The highest BCUT2D eigenvalue weighted by Crippen LogP contribution is 2.34. The standard InChI is InChI=1S/C26H33NO6S/c1-15(12-18-14-34-17(3)27-18)20-9-7-6-8-19-10-11-21(32-19)24(30)16(2)25(31)26(4,5)22(28)13-23(29)33-20/h6-7,10-12,14,16,20,22,24,28,30H,8-9,13H2,1-5H3/b7-6-,15-12+/t16-,20-,22+,24-/m1/s1. The van der Waals surface area contributed by atoms with Crippen LogP contribution in [-0.4, -0.2) is 39.2 Å². The third-order valence-electron chi connectivity index (χ3n) is 6.32. The maximum absolute atomic E-state index is 13.1. The van der Waals surface area contributed by atoms with E-state index in [1.54, 1.807) is 44.2 Å². The molecule has 7 nitrogen and oxygen atoms in total. The second-order valence-electron chi connectivity index (χ2n) is 9.41. The Morgan fingerprint density at radius 1 is 1.24 bits per heavy atom. The number of Topliss-reactive ketones (excluding diaryl/α,β-unsaturated/α-hetero) is 1. The van der Waals surface area contributed by atoms with Crippen LogP contribution >= 0.6 is 11.3 Å². The van der Waals surface area contributed by atoms with Crippen LogP contribution in [0.3, 0.4) is 0 Å². The molecule has 0 radical (unpaired) electrons. The Labute approximate surface area is 204 Å². The molecule has 0 aromatic carbocycles. The summed E-state index contributed by atoms with van der Waals surface area (Å²) >= 11 is 1.54. The predicted molar refractivity (Wildman–Crippen MR) is 130 cm³/mol. The maximum atomic E-state index is 13.1. The lowest BCUT2D eigenvalue weighted by Crippen LogP contribution is -2.43. The summed E-state index contributed by atoms with van der Waals surface area (Å²) in [5.41, 5.74) is 0.352. The van der Waals surface area contributed by atoms with E-state index in [1.165, 1.54) is 0 Å². The van der Waals surface area contributed by atoms with E-state index in [-0.39, 0.29) is 12.2 Å². The number of ketones is 1. The SMILES string of the molecule is C/C(=C\c1csc(C)n1)[C@H]1C/C=C\Cc2ccc(o2)[C@H](O)[C@@H](C)C(=O)C(C)(C)[C@@H](O)CC(=O)O1. The number of carbonyl (C=O) groups is 2. The molecule has 0 spiro atoms. The van der Waals surface area contributed by atoms with Gasteiger partial charge in [0.15, 0.2) is 0 Å². The molecule has 1 aliphatic heterocycles. The zero-order valence-corrected chi connectivity index (χ0v) is 21.1. The van der Waals surface area contributed by atoms with Crippen LogP contribution in [0.2, 0.25) is 0 Å². The van der Waals surface area contributed by atoms with Crippen LogP contribution in [0.1, 0.15) is 68.9 Å². The van der Waals surface area contributed by atoms with E-state index in [2.05, 4.69) is 4.98 Å². The summed E-state index contributed by atoms with van der Waals surface area (Å²) in [6, 6.07) is 3.43. The lowest BCUT2D eigenvalue weighted by molar-refractivity contribution is -0.154. The first-order valence-corrected chi connectivity index (χ1v) is 12.3. The fraction of sp³-hybridized carbons (Fsp3) is 0.500. The number of ether oxygens (including phenoxy) is 1. The monoisotopic (exact) mass is 487 g/mol. The van der Waals surface area contributed by atoms with E-state index in [0.29, 0.717) is 24.4 Å². The zero-order valence-electron chi connectivity index (χ0n) is 20.3. The van der Waals surface area contributed by atoms with Crippen molar-refractivity contribution in [2.24, 2.45) is 11.3 Å². The van der Waals surface area contributed by atoms with Gasteiger partial charge in [0.2, 0.25) is 0 Å². The minimum Gasteiger partial charge on any atom is -0.463 e. The number of thiazole rings is 1. The number of cyclic esters (lactones) is 1. The quantitative estimate of drug-likeness (QED) is 0.471. The number of furan rings is 1. The van der Waals surface area contributed by atoms with Gasteiger partial charge >= 0.3 is 5.97 Å². The van der Waals surface area contributed by atoms with E-state index in [0.717, 1.165) is 16.3 Å². The van der Waals surface area contributed by atoms with Crippen LogP contribution in [-0.2, 0) is 20.7 Å². The van der Waals surface area contributed by atoms with Gasteiger partial charge in [-0.1, -0.05) is 32.9 Å². The number of aliphatic hydroxyl groups is 2. The van der Waals surface area contributed by atoms with Gasteiger partial charge in [0.05, 0.1) is 28.6 Å². The molecule has 2 aromatic heterocycles. The largest absolute Gasteiger partial charge is 0.463 e. The first-order valence-electron chi connectivity index (χ1n) is 11.4. The Morgan fingerprint density at radius 3 is 2.65 bits per heavy atom. The molecule has 0 unspecified atom stereocenters. The van der Waals surface area contributed by atoms with Gasteiger partial charge < -0.3 is 19.4 Å². The van der Waals surface area contributed by atoms with Crippen molar-refractivity contribution in [1.82, 2.24) is 4.98 Å². The first-order chi connectivity index (χ1) is 16.0. The van der Waals surface area contributed by atoms with E-state index in [1.807, 2.05) is 37.5 Å². The number of fused-ring (bicyclic) bond motifs is 2. The van der Waals surface area contributed by atoms with Crippen LogP contribution in [0, 0.1) is 18.3 Å². The number of aryl methyl sites for hydroxylation is 1. The zero-order chi connectivity index (χ0) is 25.0. The number of nitrogens with zero attached hydrogens (tertiary/aromatic N) is 1. The number of aromatic nitrogens is 1. The molecular weight excluding hydrogens is 454 g/mol. The summed E-state index contributed by atoms with van der Waals surface area (Å²) in [4.78, 5) is 30.4. The van der Waals surface area contributed by atoms with Crippen molar-refractivity contribution in [2.45, 2.75) is 72.2 Å². The van der Waals surface area contributed by atoms with Crippen LogP contribution in [0.15, 0.2) is 39.7 Å². The Kier molecular flexibility index (Phi) is 8.28. The number of aliphatic hydroxyl groups excluding tert-OH is 2. The molecule has 0 aliphatic carbocycles. The molecule has 3 heterocycles. The number of hydrogen-bond acceptors (Lipinski definition) is 8. The highest BCUT2D eigenvalue weighted by molar-refractivity contribution is 7.09. The maximum Gasteiger partial charge on any atom is 0.309 e. The molecule has 0 saturated carbocycles. The third-order valence-corrected chi connectivity index (χ3v) is 7.11. The minimum atomic E-state index is -1.27. The van der Waals surface area contributed by atoms with Gasteiger partial charge in [0.1, 0.15) is 29.5 Å². The van der Waals surface area contributed by atoms with Gasteiger partial charge in [-0.05, 0) is 37.6 Å². The normalized spacial score (nSPS) is 27.9. The predicted octanol–water partition coefficient (Wildman–Crippen LogP) is 4.58. The lowest BCUT2D eigenvalue weighted by atomic mass is 9.74. The summed E-state index contributed by atoms with van der Waals surface area (Å²) in [6.45, 7) is 8.54. The summed E-state index contributed by atoms with van der Waals surface area (Å²) < 4.78 is 11.5. The topological polar surface area (TPSA) is 110 Å². The second kappa shape index (κ2) is 10.8. The molecular formula is C26H33NO6S. The van der Waals surface area contributed by atoms with Gasteiger partial charge in [0, 0.05) is 24.1 Å². The molecule has 2 aromatic rings. The molecule has 3 rings (SSSR count). The number of rotatable bonds is 2. The Balaban J connectivity index is 1.91. The fourth-order valence-electron chi connectivity index (χ4n) is 3.94. The third kappa shape index (κ3) is 6.11. The highest BCUT2D eigenvalue weighted by atomic mass is 32.1. The van der Waals surface area contributed by atoms with Crippen molar-refractivity contribution < 1.29 is 29.0 Å². The van der Waals surface area contributed by atoms with Crippen molar-refractivity contribution >= 4 is 29.2 Å². The smallest absolute Gasteiger partial charge is 0.309 e. The summed E-state index contributed by atoms with van der Waals surface area (Å²) in [5.74, 6) is -0.839. The minimum absolute atomic E-state index is 0.302. The molecule has 184 valence electrons. The van der Waals surface area contributed by atoms with Crippen molar-refractivity contribution in [1.29, 1.82) is 0 Å². The van der Waals surface area contributed by atoms with Crippen molar-refractivity contribution in [3.8, 4) is 0 Å². The van der Waals surface area contributed by atoms with Crippen molar-refractivity contribution in [2.75, 3.05) is 0 Å². The van der Waals surface area contributed by atoms with E-state index < -0.39 is 35.6 Å². The number of esters is 1. The number of hydrogen-bond donors (Lipinski definition) is 2. The Hall–Kier alpha value is -2.55. The molecule has 0 fully saturated rings. The lowest BCUT2D eigenvalue weighted by Gasteiger charge is -2.32. The van der Waals surface area contributed by atoms with Crippen LogP contribution < -0.4 is 0 Å². The first kappa shape index (κ1) is 26.1. The summed E-state index contributed by atoms with van der Waals surface area (Å²) in [7, 11) is 0. The molecule has 34 heavy (non-hydrogen) atoms. The molecule has 0 amide bonds. The Morgan fingerprint density at radius 2 is 1.97 bits per heavy atom. The van der Waals surface area contributed by atoms with E-state index in [9.17, 15) is 19.8 Å². The fourth-order valence-corrected chi connectivity index (χ4v) is 4.51.